The van der Waals surface area contributed by atoms with Crippen LogP contribution >= 0.6 is 11.6 Å². The number of hydrogen-bond donors (Lipinski definition) is 0. The molecule has 1 aromatic carbocycles. The third kappa shape index (κ3) is 3.89. The van der Waals surface area contributed by atoms with Gasteiger partial charge in [0, 0.05) is 5.02 Å². The molecular weight excluding hydrogens is 228 g/mol. The lowest BCUT2D eigenvalue weighted by atomic mass is 9.79. The van der Waals surface area contributed by atoms with Crippen LogP contribution in [0.5, 0.6) is 0 Å². The molecule has 17 heavy (non-hydrogen) atoms. The average molecular weight is 251 g/mol. The zero-order valence-corrected chi connectivity index (χ0v) is 12.0. The summed E-state index contributed by atoms with van der Waals surface area (Å²) in [4.78, 5) is 0. The van der Waals surface area contributed by atoms with E-state index in [4.69, 9.17) is 11.6 Å². The smallest absolute Gasteiger partial charge is 0.0478 e. The van der Waals surface area contributed by atoms with Crippen molar-refractivity contribution in [2.75, 3.05) is 0 Å². The van der Waals surface area contributed by atoms with Gasteiger partial charge in [-0.2, -0.15) is 0 Å². The van der Waals surface area contributed by atoms with Crippen LogP contribution in [0.4, 0.5) is 0 Å². The van der Waals surface area contributed by atoms with E-state index >= 15 is 0 Å². The summed E-state index contributed by atoms with van der Waals surface area (Å²) < 4.78 is 0. The first-order chi connectivity index (χ1) is 8.01. The minimum Gasteiger partial charge on any atom is -0.0984 e. The quantitative estimate of drug-likeness (QED) is 0.557. The lowest BCUT2D eigenvalue weighted by molar-refractivity contribution is 0.450. The Morgan fingerprint density at radius 3 is 2.59 bits per heavy atom. The van der Waals surface area contributed by atoms with E-state index in [2.05, 4.69) is 39.5 Å². The molecule has 0 N–H and O–H groups in total. The normalized spacial score (nSPS) is 11.5. The molecule has 0 amide bonds. The molecule has 1 rings (SSSR count). The van der Waals surface area contributed by atoms with Crippen molar-refractivity contribution in [3.05, 3.63) is 40.9 Å². The summed E-state index contributed by atoms with van der Waals surface area (Å²) >= 11 is 6.10. The van der Waals surface area contributed by atoms with Crippen LogP contribution in [0.25, 0.3) is 6.08 Å². The van der Waals surface area contributed by atoms with Crippen LogP contribution in [0, 0.1) is 0 Å². The Hall–Kier alpha value is -0.750. The van der Waals surface area contributed by atoms with E-state index in [1.165, 1.54) is 31.2 Å². The highest BCUT2D eigenvalue weighted by Gasteiger charge is 2.20. The standard InChI is InChI=1S/C16H23Cl/c1-5-7-8-11-16(3,4)14-9-10-15(17)13(6-2)12-14/h6,9-10,12H,2,5,7-8,11H2,1,3-4H3. The largest absolute Gasteiger partial charge is 0.0984 e. The molecule has 0 aromatic heterocycles. The van der Waals surface area contributed by atoms with Crippen LogP contribution in [0.1, 0.15) is 57.6 Å². The summed E-state index contributed by atoms with van der Waals surface area (Å²) in [6, 6.07) is 6.29. The van der Waals surface area contributed by atoms with E-state index in [1.807, 2.05) is 12.1 Å². The fourth-order valence-corrected chi connectivity index (χ4v) is 2.28. The van der Waals surface area contributed by atoms with Crippen molar-refractivity contribution in [2.45, 2.75) is 51.9 Å². The van der Waals surface area contributed by atoms with Gasteiger partial charge in [0.25, 0.3) is 0 Å². The highest BCUT2D eigenvalue weighted by molar-refractivity contribution is 6.32. The third-order valence-corrected chi connectivity index (χ3v) is 3.75. The molecule has 0 atom stereocenters. The zero-order valence-electron chi connectivity index (χ0n) is 11.2. The Labute approximate surface area is 111 Å². The Morgan fingerprint density at radius 2 is 2.00 bits per heavy atom. The highest BCUT2D eigenvalue weighted by Crippen LogP contribution is 2.32. The van der Waals surface area contributed by atoms with Crippen molar-refractivity contribution in [3.63, 3.8) is 0 Å². The molecule has 0 nitrogen and oxygen atoms in total. The molecule has 0 spiro atoms. The maximum Gasteiger partial charge on any atom is 0.0478 e. The first kappa shape index (κ1) is 14.3. The van der Waals surface area contributed by atoms with Crippen molar-refractivity contribution in [1.82, 2.24) is 0 Å². The Kier molecular flexibility index (Phi) is 5.27. The lowest BCUT2D eigenvalue weighted by Gasteiger charge is -2.26. The summed E-state index contributed by atoms with van der Waals surface area (Å²) in [7, 11) is 0. The number of rotatable bonds is 6. The molecule has 0 saturated carbocycles. The minimum atomic E-state index is 0.220. The van der Waals surface area contributed by atoms with Gasteiger partial charge in [-0.3, -0.25) is 0 Å². The van der Waals surface area contributed by atoms with E-state index in [9.17, 15) is 0 Å². The van der Waals surface area contributed by atoms with Crippen molar-refractivity contribution >= 4 is 17.7 Å². The number of unbranched alkanes of at least 4 members (excludes halogenated alkanes) is 2. The number of hydrogen-bond acceptors (Lipinski definition) is 0. The molecule has 0 aliphatic rings. The summed E-state index contributed by atoms with van der Waals surface area (Å²) in [5.41, 5.74) is 2.61. The van der Waals surface area contributed by atoms with Crippen LogP contribution in [-0.4, -0.2) is 0 Å². The third-order valence-electron chi connectivity index (χ3n) is 3.40. The number of benzene rings is 1. The molecule has 0 fully saturated rings. The summed E-state index contributed by atoms with van der Waals surface area (Å²) in [6.45, 7) is 10.7. The SMILES string of the molecule is C=Cc1cc(C(C)(C)CCCCC)ccc1Cl. The summed E-state index contributed by atoms with van der Waals surface area (Å²) in [6.07, 6.45) is 6.92. The monoisotopic (exact) mass is 250 g/mol. The summed E-state index contributed by atoms with van der Waals surface area (Å²) in [5.74, 6) is 0. The molecule has 0 aliphatic heterocycles. The Balaban J connectivity index is 2.86. The Bertz CT molecular complexity index is 377. The minimum absolute atomic E-state index is 0.220. The van der Waals surface area contributed by atoms with Gasteiger partial charge in [0.15, 0.2) is 0 Å². The fourth-order valence-electron chi connectivity index (χ4n) is 2.08. The van der Waals surface area contributed by atoms with E-state index in [1.54, 1.807) is 0 Å². The van der Waals surface area contributed by atoms with Gasteiger partial charge in [-0.05, 0) is 35.1 Å². The van der Waals surface area contributed by atoms with Crippen molar-refractivity contribution in [1.29, 1.82) is 0 Å². The molecule has 0 aliphatic carbocycles. The second-order valence-electron chi connectivity index (χ2n) is 5.28. The molecular formula is C16H23Cl. The van der Waals surface area contributed by atoms with E-state index in [-0.39, 0.29) is 5.41 Å². The first-order valence-corrected chi connectivity index (χ1v) is 6.81. The van der Waals surface area contributed by atoms with Gasteiger partial charge in [-0.25, -0.2) is 0 Å². The van der Waals surface area contributed by atoms with Gasteiger partial charge in [-0.1, -0.05) is 70.4 Å². The molecule has 1 aromatic rings. The van der Waals surface area contributed by atoms with Gasteiger partial charge < -0.3 is 0 Å². The van der Waals surface area contributed by atoms with Crippen molar-refractivity contribution in [2.24, 2.45) is 0 Å². The first-order valence-electron chi connectivity index (χ1n) is 6.43. The molecule has 94 valence electrons. The van der Waals surface area contributed by atoms with E-state index in [0.717, 1.165) is 10.6 Å². The second kappa shape index (κ2) is 6.26. The van der Waals surface area contributed by atoms with Crippen molar-refractivity contribution in [3.8, 4) is 0 Å². The maximum absolute atomic E-state index is 6.10. The predicted octanol–water partition coefficient (Wildman–Crippen LogP) is 5.84. The topological polar surface area (TPSA) is 0 Å². The van der Waals surface area contributed by atoms with Crippen LogP contribution in [0.2, 0.25) is 5.02 Å². The van der Waals surface area contributed by atoms with Gasteiger partial charge >= 0.3 is 0 Å². The van der Waals surface area contributed by atoms with E-state index < -0.39 is 0 Å². The number of halogens is 1. The van der Waals surface area contributed by atoms with Crippen LogP contribution in [-0.2, 0) is 5.41 Å². The predicted molar refractivity (Wildman–Crippen MR) is 78.7 cm³/mol. The fraction of sp³-hybridized carbons (Fsp3) is 0.500. The lowest BCUT2D eigenvalue weighted by Crippen LogP contribution is -2.17. The summed E-state index contributed by atoms with van der Waals surface area (Å²) in [5, 5.41) is 0.785. The molecule has 0 heterocycles. The van der Waals surface area contributed by atoms with Crippen LogP contribution in [0.15, 0.2) is 24.8 Å². The van der Waals surface area contributed by atoms with Crippen LogP contribution < -0.4 is 0 Å². The average Bonchev–Trinajstić information content (AvgIpc) is 2.29. The van der Waals surface area contributed by atoms with E-state index in [0.29, 0.717) is 0 Å². The Morgan fingerprint density at radius 1 is 1.29 bits per heavy atom. The maximum atomic E-state index is 6.10. The molecule has 0 unspecified atom stereocenters. The van der Waals surface area contributed by atoms with Crippen LogP contribution in [0.3, 0.4) is 0 Å². The van der Waals surface area contributed by atoms with Gasteiger partial charge in [0.1, 0.15) is 0 Å². The molecule has 0 radical (unpaired) electrons. The van der Waals surface area contributed by atoms with Gasteiger partial charge in [0.2, 0.25) is 0 Å². The van der Waals surface area contributed by atoms with Gasteiger partial charge in [0.05, 0.1) is 0 Å². The second-order valence-corrected chi connectivity index (χ2v) is 5.69. The highest BCUT2D eigenvalue weighted by atomic mass is 35.5. The molecule has 0 bridgehead atoms. The molecule has 0 saturated heterocycles. The van der Waals surface area contributed by atoms with Crippen molar-refractivity contribution < 1.29 is 0 Å². The van der Waals surface area contributed by atoms with Gasteiger partial charge in [-0.15, -0.1) is 0 Å². The zero-order chi connectivity index (χ0) is 12.9. The molecule has 1 heteroatoms.